The van der Waals surface area contributed by atoms with Crippen molar-refractivity contribution in [3.63, 3.8) is 0 Å². The van der Waals surface area contributed by atoms with Crippen LogP contribution in [0.1, 0.15) is 52.2 Å². The number of rotatable bonds is 10. The van der Waals surface area contributed by atoms with Crippen LogP contribution in [0.15, 0.2) is 42.5 Å². The van der Waals surface area contributed by atoms with Crippen molar-refractivity contribution in [3.05, 3.63) is 63.6 Å². The van der Waals surface area contributed by atoms with Gasteiger partial charge in [-0.05, 0) is 69.0 Å². The maximum Gasteiger partial charge on any atom is 0.244 e. The third-order valence-electron chi connectivity index (χ3n) is 5.53. The van der Waals surface area contributed by atoms with E-state index in [0.29, 0.717) is 27.7 Å². The Morgan fingerprint density at radius 3 is 2.03 bits per heavy atom. The van der Waals surface area contributed by atoms with Crippen molar-refractivity contribution in [3.8, 4) is 0 Å². The average molecular weight is 557 g/mol. The maximum atomic E-state index is 13.7. The van der Waals surface area contributed by atoms with Gasteiger partial charge >= 0.3 is 0 Å². The zero-order valence-electron chi connectivity index (χ0n) is 21.6. The van der Waals surface area contributed by atoms with E-state index in [1.54, 1.807) is 37.3 Å². The second-order valence-electron chi connectivity index (χ2n) is 9.72. The minimum atomic E-state index is -3.79. The van der Waals surface area contributed by atoms with E-state index < -0.39 is 34.1 Å². The summed E-state index contributed by atoms with van der Waals surface area (Å²) in [5.74, 6) is -0.835. The van der Waals surface area contributed by atoms with E-state index in [4.69, 9.17) is 23.2 Å². The first kappa shape index (κ1) is 29.9. The number of nitrogens with one attached hydrogen (secondary N) is 1. The molecule has 2 amide bonds. The minimum Gasteiger partial charge on any atom is -0.350 e. The molecule has 0 radical (unpaired) electrons. The van der Waals surface area contributed by atoms with E-state index in [2.05, 4.69) is 5.32 Å². The fraction of sp³-hybridized carbons (Fsp3) is 0.462. The third kappa shape index (κ3) is 8.39. The summed E-state index contributed by atoms with van der Waals surface area (Å²) in [6, 6.07) is 11.2. The summed E-state index contributed by atoms with van der Waals surface area (Å²) in [7, 11) is -3.79. The van der Waals surface area contributed by atoms with E-state index in [9.17, 15) is 18.0 Å². The van der Waals surface area contributed by atoms with E-state index in [1.165, 1.54) is 4.90 Å². The fourth-order valence-corrected chi connectivity index (χ4v) is 4.89. The van der Waals surface area contributed by atoms with E-state index in [1.807, 2.05) is 39.8 Å². The first-order valence-electron chi connectivity index (χ1n) is 11.8. The van der Waals surface area contributed by atoms with Gasteiger partial charge in [0.2, 0.25) is 21.8 Å². The quantitative estimate of drug-likeness (QED) is 0.444. The number of amides is 2. The predicted octanol–water partition coefficient (Wildman–Crippen LogP) is 5.04. The molecule has 0 aliphatic heterocycles. The highest BCUT2D eigenvalue weighted by molar-refractivity contribution is 7.92. The molecule has 0 unspecified atom stereocenters. The number of anilines is 1. The smallest absolute Gasteiger partial charge is 0.244 e. The molecule has 0 saturated heterocycles. The van der Waals surface area contributed by atoms with Gasteiger partial charge in [-0.25, -0.2) is 8.42 Å². The van der Waals surface area contributed by atoms with Gasteiger partial charge < -0.3 is 10.2 Å². The van der Waals surface area contributed by atoms with Crippen LogP contribution in [0.3, 0.4) is 0 Å². The minimum absolute atomic E-state index is 0.0537. The third-order valence-corrected chi connectivity index (χ3v) is 7.41. The Bertz CT molecular complexity index is 1180. The van der Waals surface area contributed by atoms with Crippen molar-refractivity contribution in [2.24, 2.45) is 0 Å². The van der Waals surface area contributed by atoms with Gasteiger partial charge in [0.05, 0.1) is 22.0 Å². The summed E-state index contributed by atoms with van der Waals surface area (Å²) in [6.07, 6.45) is 2.19. The van der Waals surface area contributed by atoms with Gasteiger partial charge in [-0.2, -0.15) is 0 Å². The molecule has 0 aliphatic carbocycles. The standard InChI is InChI=1S/C26H35Cl2N3O4S/c1-7-18-9-12-20(13-10-18)31(36(6,34)35)17-24(32)30(16-19-11-14-21(27)22(28)15-19)23(8-2)25(33)29-26(3,4)5/h9-15,23H,7-8,16-17H2,1-6H3,(H,29,33)/t23-/m1/s1. The number of hydrogen-bond acceptors (Lipinski definition) is 4. The number of sulfonamides is 1. The number of carbonyl (C=O) groups excluding carboxylic acids is 2. The summed E-state index contributed by atoms with van der Waals surface area (Å²) in [5.41, 5.74) is 1.58. The van der Waals surface area contributed by atoms with Crippen molar-refractivity contribution < 1.29 is 18.0 Å². The molecule has 0 aromatic heterocycles. The van der Waals surface area contributed by atoms with Crippen molar-refractivity contribution >= 4 is 50.7 Å². The van der Waals surface area contributed by atoms with Gasteiger partial charge in [0, 0.05) is 12.1 Å². The monoisotopic (exact) mass is 555 g/mol. The van der Waals surface area contributed by atoms with E-state index in [0.717, 1.165) is 22.5 Å². The highest BCUT2D eigenvalue weighted by Gasteiger charge is 2.33. The van der Waals surface area contributed by atoms with Crippen LogP contribution in [-0.4, -0.2) is 49.5 Å². The number of aryl methyl sites for hydroxylation is 1. The predicted molar refractivity (Wildman–Crippen MR) is 147 cm³/mol. The van der Waals surface area contributed by atoms with E-state index in [-0.39, 0.29) is 12.5 Å². The number of benzene rings is 2. The van der Waals surface area contributed by atoms with Crippen LogP contribution in [0, 0.1) is 0 Å². The van der Waals surface area contributed by atoms with Crippen LogP contribution in [-0.2, 0) is 32.6 Å². The number of carbonyl (C=O) groups is 2. The molecule has 1 atom stereocenters. The molecule has 36 heavy (non-hydrogen) atoms. The Balaban J connectivity index is 2.47. The zero-order valence-corrected chi connectivity index (χ0v) is 24.0. The second kappa shape index (κ2) is 12.3. The molecule has 0 heterocycles. The highest BCUT2D eigenvalue weighted by Crippen LogP contribution is 2.25. The molecule has 0 bridgehead atoms. The molecular weight excluding hydrogens is 521 g/mol. The van der Waals surface area contributed by atoms with Crippen molar-refractivity contribution in [2.75, 3.05) is 17.1 Å². The molecule has 2 rings (SSSR count). The lowest BCUT2D eigenvalue weighted by molar-refractivity contribution is -0.141. The van der Waals surface area contributed by atoms with Crippen LogP contribution in [0.25, 0.3) is 0 Å². The molecule has 0 aliphatic rings. The van der Waals surface area contributed by atoms with Gasteiger partial charge in [0.15, 0.2) is 0 Å². The highest BCUT2D eigenvalue weighted by atomic mass is 35.5. The van der Waals surface area contributed by atoms with E-state index >= 15 is 0 Å². The molecule has 2 aromatic rings. The van der Waals surface area contributed by atoms with Gasteiger partial charge in [0.1, 0.15) is 12.6 Å². The number of halogens is 2. The largest absolute Gasteiger partial charge is 0.350 e. The van der Waals surface area contributed by atoms with Crippen LogP contribution in [0.5, 0.6) is 0 Å². The van der Waals surface area contributed by atoms with Gasteiger partial charge in [-0.15, -0.1) is 0 Å². The molecule has 0 spiro atoms. The Labute approximate surface area is 224 Å². The Kier molecular flexibility index (Phi) is 10.2. The number of hydrogen-bond donors (Lipinski definition) is 1. The van der Waals surface area contributed by atoms with Crippen molar-refractivity contribution in [2.45, 2.75) is 65.6 Å². The number of nitrogens with zero attached hydrogens (tertiary/aromatic N) is 2. The van der Waals surface area contributed by atoms with Gasteiger partial charge in [-0.3, -0.25) is 13.9 Å². The average Bonchev–Trinajstić information content (AvgIpc) is 2.77. The first-order chi connectivity index (χ1) is 16.7. The lowest BCUT2D eigenvalue weighted by atomic mass is 10.1. The van der Waals surface area contributed by atoms with Gasteiger partial charge in [-0.1, -0.05) is 55.2 Å². The van der Waals surface area contributed by atoms with Gasteiger partial charge in [0.25, 0.3) is 0 Å². The molecule has 0 saturated carbocycles. The summed E-state index contributed by atoms with van der Waals surface area (Å²) >= 11 is 12.2. The summed E-state index contributed by atoms with van der Waals surface area (Å²) in [5, 5.41) is 3.62. The topological polar surface area (TPSA) is 86.8 Å². The molecular formula is C26H35Cl2N3O4S. The van der Waals surface area contributed by atoms with Crippen LogP contribution in [0.2, 0.25) is 10.0 Å². The SMILES string of the molecule is CCc1ccc(N(CC(=O)N(Cc2ccc(Cl)c(Cl)c2)[C@H](CC)C(=O)NC(C)(C)C)S(C)(=O)=O)cc1. The lowest BCUT2D eigenvalue weighted by Crippen LogP contribution is -2.55. The molecule has 7 nitrogen and oxygen atoms in total. The fourth-order valence-electron chi connectivity index (χ4n) is 3.72. The maximum absolute atomic E-state index is 13.7. The van der Waals surface area contributed by atoms with Crippen molar-refractivity contribution in [1.82, 2.24) is 10.2 Å². The molecule has 1 N–H and O–H groups in total. The Hall–Kier alpha value is -2.29. The normalized spacial score (nSPS) is 12.7. The molecule has 198 valence electrons. The van der Waals surface area contributed by atoms with Crippen LogP contribution in [0.4, 0.5) is 5.69 Å². The summed E-state index contributed by atoms with van der Waals surface area (Å²) in [4.78, 5) is 28.3. The van der Waals surface area contributed by atoms with Crippen LogP contribution >= 0.6 is 23.2 Å². The first-order valence-corrected chi connectivity index (χ1v) is 14.4. The summed E-state index contributed by atoms with van der Waals surface area (Å²) < 4.78 is 26.4. The van der Waals surface area contributed by atoms with Crippen molar-refractivity contribution in [1.29, 1.82) is 0 Å². The Morgan fingerprint density at radius 2 is 1.56 bits per heavy atom. The molecule has 10 heteroatoms. The Morgan fingerprint density at radius 1 is 0.972 bits per heavy atom. The molecule has 0 fully saturated rings. The summed E-state index contributed by atoms with van der Waals surface area (Å²) in [6.45, 7) is 8.97. The van der Waals surface area contributed by atoms with Crippen LogP contribution < -0.4 is 9.62 Å². The zero-order chi connectivity index (χ0) is 27.3. The lowest BCUT2D eigenvalue weighted by Gasteiger charge is -2.34. The molecule has 2 aromatic carbocycles. The second-order valence-corrected chi connectivity index (χ2v) is 12.4.